The van der Waals surface area contributed by atoms with Gasteiger partial charge in [0.1, 0.15) is 0 Å². The highest BCUT2D eigenvalue weighted by Crippen LogP contribution is 2.44. The standard InChI is InChI=1S/C21H29F2NO3/c22-21(23)19-11-14(3-6-18(19)15-2-1-9-24-12-15)17-7-5-16(25)10-13(17)4-8-20(26)27/h5,7,11-18,21,25H,1-4,6,8-10H2,(H,26,27). The minimum Gasteiger partial charge on any atom is -0.481 e. The molecule has 0 bridgehead atoms. The molecule has 0 aromatic rings. The molecule has 0 radical (unpaired) electrons. The Balaban J connectivity index is 1.79. The van der Waals surface area contributed by atoms with Gasteiger partial charge in [-0.15, -0.1) is 0 Å². The first-order valence-electron chi connectivity index (χ1n) is 10.0. The van der Waals surface area contributed by atoms with E-state index in [2.05, 4.69) is 4.99 Å². The molecule has 150 valence electrons. The van der Waals surface area contributed by atoms with Crippen molar-refractivity contribution in [3.05, 3.63) is 23.8 Å². The smallest absolute Gasteiger partial charge is 0.303 e. The highest BCUT2D eigenvalue weighted by atomic mass is 19.3. The molecule has 0 spiro atoms. The highest BCUT2D eigenvalue weighted by Gasteiger charge is 2.38. The van der Waals surface area contributed by atoms with Gasteiger partial charge in [-0.25, -0.2) is 8.78 Å². The second-order valence-electron chi connectivity index (χ2n) is 8.13. The average molecular weight is 381 g/mol. The van der Waals surface area contributed by atoms with Crippen LogP contribution in [0.15, 0.2) is 28.8 Å². The summed E-state index contributed by atoms with van der Waals surface area (Å²) in [6.45, 7) is 0.792. The van der Waals surface area contributed by atoms with Crippen LogP contribution in [0.5, 0.6) is 0 Å². The van der Waals surface area contributed by atoms with E-state index in [4.69, 9.17) is 5.11 Å². The number of halogens is 2. The van der Waals surface area contributed by atoms with Gasteiger partial charge in [0.25, 0.3) is 6.43 Å². The van der Waals surface area contributed by atoms with Crippen molar-refractivity contribution < 1.29 is 23.8 Å². The van der Waals surface area contributed by atoms with Crippen LogP contribution >= 0.6 is 0 Å². The summed E-state index contributed by atoms with van der Waals surface area (Å²) in [5.74, 6) is -0.890. The topological polar surface area (TPSA) is 69.9 Å². The lowest BCUT2D eigenvalue weighted by molar-refractivity contribution is -0.137. The number of carboxylic acid groups (broad SMARTS) is 1. The second-order valence-corrected chi connectivity index (χ2v) is 8.13. The van der Waals surface area contributed by atoms with Gasteiger partial charge in [0, 0.05) is 25.1 Å². The molecule has 6 heteroatoms. The van der Waals surface area contributed by atoms with E-state index in [0.717, 1.165) is 32.2 Å². The molecule has 0 fully saturated rings. The fraction of sp³-hybridized carbons (Fsp3) is 0.714. The van der Waals surface area contributed by atoms with Gasteiger partial charge in [0.15, 0.2) is 0 Å². The van der Waals surface area contributed by atoms with Crippen molar-refractivity contribution in [2.45, 2.75) is 57.5 Å². The molecular weight excluding hydrogens is 352 g/mol. The third-order valence-corrected chi connectivity index (χ3v) is 6.40. The zero-order chi connectivity index (χ0) is 19.4. The van der Waals surface area contributed by atoms with Gasteiger partial charge in [0.2, 0.25) is 0 Å². The van der Waals surface area contributed by atoms with Crippen molar-refractivity contribution >= 4 is 12.2 Å². The molecule has 6 unspecified atom stereocenters. The number of aliphatic hydroxyl groups is 1. The van der Waals surface area contributed by atoms with Crippen LogP contribution in [0.2, 0.25) is 0 Å². The maximum Gasteiger partial charge on any atom is 0.303 e. The maximum atomic E-state index is 13.8. The highest BCUT2D eigenvalue weighted by molar-refractivity contribution is 5.66. The van der Waals surface area contributed by atoms with E-state index in [0.29, 0.717) is 12.8 Å². The Morgan fingerprint density at radius 2 is 2.04 bits per heavy atom. The van der Waals surface area contributed by atoms with Crippen LogP contribution in [-0.2, 0) is 4.79 Å². The summed E-state index contributed by atoms with van der Waals surface area (Å²) >= 11 is 0. The van der Waals surface area contributed by atoms with Crippen molar-refractivity contribution in [1.82, 2.24) is 0 Å². The molecule has 27 heavy (non-hydrogen) atoms. The molecule has 3 aliphatic rings. The van der Waals surface area contributed by atoms with Crippen molar-refractivity contribution in [3.8, 4) is 0 Å². The van der Waals surface area contributed by atoms with Crippen LogP contribution in [0.1, 0.15) is 44.9 Å². The van der Waals surface area contributed by atoms with E-state index >= 15 is 0 Å². The number of aliphatic carboxylic acids is 1. The molecule has 4 nitrogen and oxygen atoms in total. The molecule has 1 heterocycles. The van der Waals surface area contributed by atoms with Crippen LogP contribution in [-0.4, -0.2) is 41.5 Å². The lowest BCUT2D eigenvalue weighted by Crippen LogP contribution is -2.34. The first-order chi connectivity index (χ1) is 13.0. The number of carboxylic acids is 1. The third-order valence-electron chi connectivity index (χ3n) is 6.40. The predicted octanol–water partition coefficient (Wildman–Crippen LogP) is 4.10. The molecular formula is C21H29F2NO3. The number of alkyl halides is 2. The largest absolute Gasteiger partial charge is 0.481 e. The Hall–Kier alpha value is -1.56. The number of aliphatic hydroxyl groups excluding tert-OH is 1. The molecule has 2 aliphatic carbocycles. The van der Waals surface area contributed by atoms with E-state index in [1.807, 2.05) is 12.3 Å². The van der Waals surface area contributed by atoms with Gasteiger partial charge in [-0.3, -0.25) is 9.79 Å². The van der Waals surface area contributed by atoms with Crippen molar-refractivity contribution in [2.75, 3.05) is 6.54 Å². The normalized spacial score (nSPS) is 36.7. The lowest BCUT2D eigenvalue weighted by Gasteiger charge is -2.39. The minimum absolute atomic E-state index is 0.00839. The Bertz CT molecular complexity index is 617. The number of rotatable bonds is 6. The number of nitrogens with zero attached hydrogens (tertiary/aromatic N) is 1. The summed E-state index contributed by atoms with van der Waals surface area (Å²) in [4.78, 5) is 15.3. The lowest BCUT2D eigenvalue weighted by atomic mass is 9.66. The molecule has 6 atom stereocenters. The van der Waals surface area contributed by atoms with Crippen LogP contribution in [0.25, 0.3) is 0 Å². The van der Waals surface area contributed by atoms with Crippen LogP contribution in [0, 0.1) is 29.6 Å². The average Bonchev–Trinajstić information content (AvgIpc) is 2.66. The summed E-state index contributed by atoms with van der Waals surface area (Å²) in [6.07, 6.45) is 8.67. The number of aliphatic imine (C=N–C) groups is 1. The molecule has 1 aliphatic heterocycles. The van der Waals surface area contributed by atoms with E-state index < -0.39 is 18.5 Å². The van der Waals surface area contributed by atoms with E-state index in [9.17, 15) is 18.7 Å². The quantitative estimate of drug-likeness (QED) is 0.681. The molecule has 0 saturated heterocycles. The zero-order valence-electron chi connectivity index (χ0n) is 15.5. The summed E-state index contributed by atoms with van der Waals surface area (Å²) in [6, 6.07) is 0. The number of hydrogen-bond donors (Lipinski definition) is 2. The number of carbonyl (C=O) groups is 1. The van der Waals surface area contributed by atoms with Crippen LogP contribution in [0.3, 0.4) is 0 Å². The van der Waals surface area contributed by atoms with Gasteiger partial charge in [-0.2, -0.15) is 0 Å². The fourth-order valence-electron chi connectivity index (χ4n) is 5.07. The summed E-state index contributed by atoms with van der Waals surface area (Å²) < 4.78 is 27.7. The Morgan fingerprint density at radius 3 is 2.70 bits per heavy atom. The van der Waals surface area contributed by atoms with E-state index in [1.165, 1.54) is 0 Å². The Kier molecular flexibility index (Phi) is 6.79. The molecule has 0 aromatic carbocycles. The fourth-order valence-corrected chi connectivity index (χ4v) is 5.07. The molecule has 3 rings (SSSR count). The summed E-state index contributed by atoms with van der Waals surface area (Å²) in [7, 11) is 0. The zero-order valence-corrected chi connectivity index (χ0v) is 15.5. The molecule has 2 N–H and O–H groups in total. The number of hydrogen-bond acceptors (Lipinski definition) is 3. The molecule has 0 saturated carbocycles. The second kappa shape index (κ2) is 9.09. The number of allylic oxidation sites excluding steroid dienone is 3. The first-order valence-corrected chi connectivity index (χ1v) is 10.0. The summed E-state index contributed by atoms with van der Waals surface area (Å²) in [5, 5.41) is 18.9. The Labute approximate surface area is 159 Å². The van der Waals surface area contributed by atoms with Crippen LogP contribution in [0.4, 0.5) is 8.78 Å². The van der Waals surface area contributed by atoms with Gasteiger partial charge < -0.3 is 10.2 Å². The maximum absolute atomic E-state index is 13.8. The SMILES string of the molecule is O=C(O)CCC1CC(O)C=CC1C1C=C(C(F)F)C(C2C=NCCC2)CC1. The summed E-state index contributed by atoms with van der Waals surface area (Å²) in [5.41, 5.74) is 0.237. The van der Waals surface area contributed by atoms with Gasteiger partial charge in [-0.05, 0) is 67.8 Å². The molecule has 0 amide bonds. The van der Waals surface area contributed by atoms with E-state index in [1.54, 1.807) is 12.2 Å². The minimum atomic E-state index is -2.47. The van der Waals surface area contributed by atoms with Gasteiger partial charge >= 0.3 is 5.97 Å². The van der Waals surface area contributed by atoms with Crippen molar-refractivity contribution in [1.29, 1.82) is 0 Å². The monoisotopic (exact) mass is 381 g/mol. The van der Waals surface area contributed by atoms with Gasteiger partial charge in [0.05, 0.1) is 6.10 Å². The van der Waals surface area contributed by atoms with Gasteiger partial charge in [-0.1, -0.05) is 18.2 Å². The molecule has 0 aromatic heterocycles. The Morgan fingerprint density at radius 1 is 1.22 bits per heavy atom. The van der Waals surface area contributed by atoms with E-state index in [-0.39, 0.29) is 41.6 Å². The van der Waals surface area contributed by atoms with Crippen LogP contribution < -0.4 is 0 Å². The first kappa shape index (κ1) is 20.2. The van der Waals surface area contributed by atoms with Crippen molar-refractivity contribution in [3.63, 3.8) is 0 Å². The van der Waals surface area contributed by atoms with Crippen molar-refractivity contribution in [2.24, 2.45) is 34.6 Å². The predicted molar refractivity (Wildman–Crippen MR) is 100.0 cm³/mol. The third kappa shape index (κ3) is 5.03.